The lowest BCUT2D eigenvalue weighted by atomic mass is 9.91. The van der Waals surface area contributed by atoms with E-state index in [9.17, 15) is 9.59 Å². The number of carbonyl (C=O) groups is 1. The number of thiocarbonyl (C=S) groups is 1. The molecular weight excluding hydrogens is 428 g/mol. The molecule has 0 saturated carbocycles. The molecule has 2 aliphatic heterocycles. The zero-order valence-electron chi connectivity index (χ0n) is 18.4. The van der Waals surface area contributed by atoms with Gasteiger partial charge < -0.3 is 4.90 Å². The lowest BCUT2D eigenvalue weighted by Gasteiger charge is -2.36. The number of thioether (sulfide) groups is 1. The van der Waals surface area contributed by atoms with Crippen LogP contribution in [0.25, 0.3) is 11.7 Å². The van der Waals surface area contributed by atoms with Gasteiger partial charge in [-0.25, -0.2) is 4.98 Å². The highest BCUT2D eigenvalue weighted by Gasteiger charge is 2.33. The van der Waals surface area contributed by atoms with E-state index in [1.165, 1.54) is 11.8 Å². The van der Waals surface area contributed by atoms with Crippen molar-refractivity contribution in [3.63, 3.8) is 0 Å². The molecule has 2 saturated heterocycles. The normalized spacial score (nSPS) is 23.6. The Bertz CT molecular complexity index is 1110. The van der Waals surface area contributed by atoms with Crippen LogP contribution in [0.5, 0.6) is 0 Å². The fraction of sp³-hybridized carbons (Fsp3) is 0.478. The van der Waals surface area contributed by atoms with Crippen LogP contribution in [0.2, 0.25) is 0 Å². The number of nitrogens with zero attached hydrogens (tertiary/aromatic N) is 4. The van der Waals surface area contributed by atoms with Gasteiger partial charge in [-0.3, -0.25) is 18.9 Å². The highest BCUT2D eigenvalue weighted by atomic mass is 32.2. The van der Waals surface area contributed by atoms with Crippen molar-refractivity contribution in [2.75, 3.05) is 24.5 Å². The molecule has 164 valence electrons. The summed E-state index contributed by atoms with van der Waals surface area (Å²) in [5, 5.41) is 0. The molecule has 6 nitrogen and oxygen atoms in total. The van der Waals surface area contributed by atoms with Crippen LogP contribution in [-0.2, 0) is 4.79 Å². The van der Waals surface area contributed by atoms with Crippen LogP contribution in [0.3, 0.4) is 0 Å². The number of rotatable bonds is 4. The van der Waals surface area contributed by atoms with Gasteiger partial charge in [-0.05, 0) is 42.4 Å². The number of fused-ring (bicyclic) bond motifs is 1. The summed E-state index contributed by atoms with van der Waals surface area (Å²) in [4.78, 5) is 35.7. The van der Waals surface area contributed by atoms with Gasteiger partial charge in [0.1, 0.15) is 15.8 Å². The van der Waals surface area contributed by atoms with E-state index in [4.69, 9.17) is 17.2 Å². The molecule has 4 rings (SSSR count). The second kappa shape index (κ2) is 8.74. The molecular formula is C23H28N4O2S2. The predicted molar refractivity (Wildman–Crippen MR) is 131 cm³/mol. The van der Waals surface area contributed by atoms with Crippen LogP contribution in [0.1, 0.15) is 39.7 Å². The lowest BCUT2D eigenvalue weighted by molar-refractivity contribution is -0.122. The fourth-order valence-electron chi connectivity index (χ4n) is 4.45. The monoisotopic (exact) mass is 456 g/mol. The topological polar surface area (TPSA) is 57.9 Å². The summed E-state index contributed by atoms with van der Waals surface area (Å²) in [5.41, 5.74) is 0.897. The van der Waals surface area contributed by atoms with E-state index in [2.05, 4.69) is 32.6 Å². The van der Waals surface area contributed by atoms with Crippen LogP contribution >= 0.6 is 24.0 Å². The minimum Gasteiger partial charge on any atom is -0.355 e. The Labute approximate surface area is 192 Å². The Morgan fingerprint density at radius 2 is 1.94 bits per heavy atom. The third kappa shape index (κ3) is 4.41. The number of pyridine rings is 1. The molecule has 4 heterocycles. The van der Waals surface area contributed by atoms with Gasteiger partial charge in [0.05, 0.1) is 10.5 Å². The number of hydrogen-bond donors (Lipinski definition) is 0. The molecule has 2 aromatic rings. The molecule has 0 aliphatic carbocycles. The molecule has 0 N–H and O–H groups in total. The maximum absolute atomic E-state index is 13.5. The van der Waals surface area contributed by atoms with Crippen molar-refractivity contribution >= 4 is 51.7 Å². The van der Waals surface area contributed by atoms with E-state index in [1.54, 1.807) is 21.6 Å². The first-order valence-corrected chi connectivity index (χ1v) is 12.0. The number of piperidine rings is 1. The number of anilines is 1. The molecule has 8 heteroatoms. The molecule has 0 spiro atoms. The summed E-state index contributed by atoms with van der Waals surface area (Å²) in [7, 11) is 0. The van der Waals surface area contributed by atoms with Crippen LogP contribution in [0.15, 0.2) is 34.1 Å². The molecule has 2 aromatic heterocycles. The first-order valence-electron chi connectivity index (χ1n) is 10.8. The van der Waals surface area contributed by atoms with Gasteiger partial charge >= 0.3 is 0 Å². The largest absolute Gasteiger partial charge is 0.355 e. The smallest absolute Gasteiger partial charge is 0.267 e. The molecule has 31 heavy (non-hydrogen) atoms. The van der Waals surface area contributed by atoms with Crippen molar-refractivity contribution in [2.45, 2.75) is 34.1 Å². The summed E-state index contributed by atoms with van der Waals surface area (Å²) in [6, 6.07) is 5.53. The zero-order chi connectivity index (χ0) is 22.3. The van der Waals surface area contributed by atoms with E-state index >= 15 is 0 Å². The van der Waals surface area contributed by atoms with E-state index < -0.39 is 0 Å². The Kier molecular flexibility index (Phi) is 6.21. The number of aromatic nitrogens is 2. The standard InChI is InChI=1S/C23H28N4O2S2/c1-14(2)11-27-22(29)18(31-23(27)30)10-17-20(25-12-15(3)9-16(4)13-25)24-19-7-5-6-8-26(19)21(17)28/h5-8,10,14-16H,9,11-13H2,1-4H3/b18-10+. The third-order valence-corrected chi connectivity index (χ3v) is 6.99. The van der Waals surface area contributed by atoms with E-state index in [-0.39, 0.29) is 11.5 Å². The van der Waals surface area contributed by atoms with Crippen molar-refractivity contribution in [2.24, 2.45) is 17.8 Å². The van der Waals surface area contributed by atoms with Crippen LogP contribution in [0, 0.1) is 17.8 Å². The minimum absolute atomic E-state index is 0.132. The van der Waals surface area contributed by atoms with Crippen molar-refractivity contribution in [1.82, 2.24) is 14.3 Å². The second-order valence-corrected chi connectivity index (χ2v) is 10.8. The lowest BCUT2D eigenvalue weighted by Crippen LogP contribution is -2.40. The maximum Gasteiger partial charge on any atom is 0.267 e. The first-order chi connectivity index (χ1) is 14.7. The van der Waals surface area contributed by atoms with Crippen molar-refractivity contribution in [3.8, 4) is 0 Å². The van der Waals surface area contributed by atoms with Crippen LogP contribution in [0.4, 0.5) is 5.82 Å². The third-order valence-electron chi connectivity index (χ3n) is 5.61. The Morgan fingerprint density at radius 1 is 1.23 bits per heavy atom. The number of amides is 1. The summed E-state index contributed by atoms with van der Waals surface area (Å²) >= 11 is 6.71. The maximum atomic E-state index is 13.5. The molecule has 2 fully saturated rings. The Hall–Kier alpha value is -2.19. The Morgan fingerprint density at radius 3 is 2.61 bits per heavy atom. The summed E-state index contributed by atoms with van der Waals surface area (Å²) in [5.74, 6) is 1.85. The van der Waals surface area contributed by atoms with Gasteiger partial charge in [0.25, 0.3) is 11.5 Å². The number of carbonyl (C=O) groups excluding carboxylic acids is 1. The van der Waals surface area contributed by atoms with E-state index in [1.807, 2.05) is 18.2 Å². The van der Waals surface area contributed by atoms with Crippen molar-refractivity contribution in [1.29, 1.82) is 0 Å². The molecule has 2 aliphatic rings. The van der Waals surface area contributed by atoms with Crippen LogP contribution < -0.4 is 10.5 Å². The minimum atomic E-state index is -0.166. The molecule has 0 bridgehead atoms. The van der Waals surface area contributed by atoms with Gasteiger partial charge in [0, 0.05) is 25.8 Å². The molecule has 1 amide bonds. The molecule has 0 radical (unpaired) electrons. The second-order valence-electron chi connectivity index (χ2n) is 9.12. The molecule has 0 aromatic carbocycles. The van der Waals surface area contributed by atoms with E-state index in [0.29, 0.717) is 50.6 Å². The average molecular weight is 457 g/mol. The highest BCUT2D eigenvalue weighted by Crippen LogP contribution is 2.35. The van der Waals surface area contributed by atoms with Gasteiger partial charge in [-0.1, -0.05) is 57.7 Å². The quantitative estimate of drug-likeness (QED) is 0.511. The Balaban J connectivity index is 1.84. The van der Waals surface area contributed by atoms with Gasteiger partial charge in [0.2, 0.25) is 0 Å². The van der Waals surface area contributed by atoms with Crippen molar-refractivity contribution in [3.05, 3.63) is 45.2 Å². The van der Waals surface area contributed by atoms with E-state index in [0.717, 1.165) is 19.5 Å². The van der Waals surface area contributed by atoms with Gasteiger partial charge in [-0.15, -0.1) is 0 Å². The van der Waals surface area contributed by atoms with Gasteiger partial charge in [0.15, 0.2) is 0 Å². The zero-order valence-corrected chi connectivity index (χ0v) is 20.0. The summed E-state index contributed by atoms with van der Waals surface area (Å²) in [6.07, 6.45) is 4.58. The molecule has 2 atom stereocenters. The fourth-order valence-corrected chi connectivity index (χ4v) is 5.70. The van der Waals surface area contributed by atoms with Crippen molar-refractivity contribution < 1.29 is 4.79 Å². The highest BCUT2D eigenvalue weighted by molar-refractivity contribution is 8.26. The summed E-state index contributed by atoms with van der Waals surface area (Å²) < 4.78 is 2.08. The predicted octanol–water partition coefficient (Wildman–Crippen LogP) is 4.03. The van der Waals surface area contributed by atoms with Gasteiger partial charge in [-0.2, -0.15) is 0 Å². The SMILES string of the molecule is CC(C)CN1C(=O)/C(=C\c2c(N3CC(C)CC(C)C3)nc3ccccn3c2=O)SC1=S. The number of hydrogen-bond acceptors (Lipinski definition) is 6. The first kappa shape index (κ1) is 22.0. The average Bonchev–Trinajstić information content (AvgIpc) is 2.96. The van der Waals surface area contributed by atoms with Crippen LogP contribution in [-0.4, -0.2) is 44.1 Å². The summed E-state index contributed by atoms with van der Waals surface area (Å²) in [6.45, 7) is 10.8. The molecule has 2 unspecified atom stereocenters.